The van der Waals surface area contributed by atoms with Crippen LogP contribution in [0.25, 0.3) is 0 Å². The fraction of sp³-hybridized carbons (Fsp3) is 0.571. The van der Waals surface area contributed by atoms with Gasteiger partial charge in [-0.1, -0.05) is 0 Å². The molecule has 2 aromatic rings. The van der Waals surface area contributed by atoms with E-state index in [1.165, 1.54) is 66.9 Å². The van der Waals surface area contributed by atoms with E-state index in [2.05, 4.69) is 5.10 Å². The Morgan fingerprint density at radius 3 is 2.04 bits per heavy atom. The van der Waals surface area contributed by atoms with Crippen LogP contribution in [0.5, 0.6) is 0 Å². The molecule has 6 heteroatoms. The minimum atomic E-state index is -3.82. The second-order valence-corrected chi connectivity index (χ2v) is 10.8. The first-order valence-electron chi connectivity index (χ1n) is 9.86. The van der Waals surface area contributed by atoms with E-state index in [1.807, 2.05) is 13.8 Å². The van der Waals surface area contributed by atoms with Crippen molar-refractivity contribution in [1.29, 1.82) is 0 Å². The van der Waals surface area contributed by atoms with Gasteiger partial charge in [-0.05, 0) is 99.8 Å². The van der Waals surface area contributed by atoms with Crippen molar-refractivity contribution >= 4 is 10.0 Å². The maximum absolute atomic E-state index is 13.2. The molecule has 4 aliphatic rings. The third-order valence-electron chi connectivity index (χ3n) is 7.16. The van der Waals surface area contributed by atoms with E-state index in [0.29, 0.717) is 0 Å². The van der Waals surface area contributed by atoms with Gasteiger partial charge in [0.25, 0.3) is 10.0 Å². The number of halogens is 1. The largest absolute Gasteiger partial charge is 0.283 e. The molecular formula is C21H25FN2O2S. The molecule has 0 aliphatic heterocycles. The van der Waals surface area contributed by atoms with Crippen molar-refractivity contribution in [2.75, 3.05) is 0 Å². The van der Waals surface area contributed by atoms with Crippen LogP contribution in [-0.4, -0.2) is 17.6 Å². The van der Waals surface area contributed by atoms with Crippen molar-refractivity contribution in [3.05, 3.63) is 47.0 Å². The first-order valence-corrected chi connectivity index (χ1v) is 11.3. The lowest BCUT2D eigenvalue weighted by atomic mass is 9.48. The van der Waals surface area contributed by atoms with Crippen LogP contribution in [0.3, 0.4) is 0 Å². The summed E-state index contributed by atoms with van der Waals surface area (Å²) in [5.74, 6) is 1.91. The molecule has 0 radical (unpaired) electrons. The summed E-state index contributed by atoms with van der Waals surface area (Å²) in [6.07, 6.45) is 7.55. The molecule has 1 aromatic heterocycles. The summed E-state index contributed by atoms with van der Waals surface area (Å²) in [5, 5.41) is 4.47. The summed E-state index contributed by atoms with van der Waals surface area (Å²) < 4.78 is 40.7. The average molecular weight is 389 g/mol. The molecular weight excluding hydrogens is 363 g/mol. The number of benzene rings is 1. The Bertz CT molecular complexity index is 972. The van der Waals surface area contributed by atoms with Crippen LogP contribution >= 0.6 is 0 Å². The summed E-state index contributed by atoms with van der Waals surface area (Å²) >= 11 is 0. The summed E-state index contributed by atoms with van der Waals surface area (Å²) in [4.78, 5) is 0.0755. The normalized spacial score (nSPS) is 32.2. The highest BCUT2D eigenvalue weighted by Gasteiger charge is 2.53. The topological polar surface area (TPSA) is 52.0 Å². The first-order chi connectivity index (χ1) is 12.8. The van der Waals surface area contributed by atoms with E-state index in [4.69, 9.17) is 0 Å². The number of nitrogens with zero attached hydrogens (tertiary/aromatic N) is 2. The van der Waals surface area contributed by atoms with E-state index in [-0.39, 0.29) is 10.3 Å². The molecule has 0 atom stereocenters. The monoisotopic (exact) mass is 388 g/mol. The van der Waals surface area contributed by atoms with E-state index < -0.39 is 15.8 Å². The number of rotatable bonds is 3. The molecule has 0 spiro atoms. The number of hydrogen-bond acceptors (Lipinski definition) is 3. The standard InChI is InChI=1S/C21H25FN2O2S/c1-13-20(21-10-15-7-16(11-21)9-17(8-15)12-21)14(2)24(23-13)27(25,26)19-5-3-18(22)4-6-19/h3-6,15-17H,7-12H2,1-2H3. The van der Waals surface area contributed by atoms with Crippen molar-refractivity contribution < 1.29 is 12.8 Å². The number of aromatic nitrogens is 2. The molecule has 4 nitrogen and oxygen atoms in total. The number of aryl methyl sites for hydroxylation is 1. The predicted octanol–water partition coefficient (Wildman–Crippen LogP) is 4.34. The zero-order valence-electron chi connectivity index (χ0n) is 15.8. The Labute approximate surface area is 159 Å². The first kappa shape index (κ1) is 17.4. The van der Waals surface area contributed by atoms with Crippen LogP contribution in [-0.2, 0) is 15.4 Å². The van der Waals surface area contributed by atoms with Gasteiger partial charge in [0.15, 0.2) is 0 Å². The maximum Gasteiger partial charge on any atom is 0.283 e. The molecule has 0 amide bonds. The third kappa shape index (κ3) is 2.52. The van der Waals surface area contributed by atoms with Crippen LogP contribution in [0.2, 0.25) is 0 Å². The van der Waals surface area contributed by atoms with Crippen molar-refractivity contribution in [3.63, 3.8) is 0 Å². The van der Waals surface area contributed by atoms with E-state index in [9.17, 15) is 12.8 Å². The zero-order chi connectivity index (χ0) is 19.0. The van der Waals surface area contributed by atoms with Crippen LogP contribution in [0.15, 0.2) is 29.2 Å². The lowest BCUT2D eigenvalue weighted by Gasteiger charge is -2.57. The molecule has 27 heavy (non-hydrogen) atoms. The minimum Gasteiger partial charge on any atom is -0.207 e. The van der Waals surface area contributed by atoms with Crippen molar-refractivity contribution in [3.8, 4) is 0 Å². The Morgan fingerprint density at radius 2 is 1.52 bits per heavy atom. The molecule has 4 bridgehead atoms. The fourth-order valence-electron chi connectivity index (χ4n) is 6.74. The van der Waals surface area contributed by atoms with Gasteiger partial charge < -0.3 is 0 Å². The van der Waals surface area contributed by atoms with E-state index in [0.717, 1.165) is 34.7 Å². The molecule has 1 aromatic carbocycles. The van der Waals surface area contributed by atoms with Gasteiger partial charge in [-0.2, -0.15) is 17.6 Å². The Morgan fingerprint density at radius 1 is 1.00 bits per heavy atom. The highest BCUT2D eigenvalue weighted by atomic mass is 32.2. The highest BCUT2D eigenvalue weighted by molar-refractivity contribution is 7.89. The lowest BCUT2D eigenvalue weighted by molar-refractivity contribution is -0.00574. The molecule has 144 valence electrons. The quantitative estimate of drug-likeness (QED) is 0.786. The van der Waals surface area contributed by atoms with Crippen LogP contribution < -0.4 is 0 Å². The van der Waals surface area contributed by atoms with Crippen LogP contribution in [0.1, 0.15) is 55.5 Å². The Hall–Kier alpha value is -1.69. The average Bonchev–Trinajstić information content (AvgIpc) is 2.90. The highest BCUT2D eigenvalue weighted by Crippen LogP contribution is 2.61. The number of hydrogen-bond donors (Lipinski definition) is 0. The van der Waals surface area contributed by atoms with Crippen molar-refractivity contribution in [1.82, 2.24) is 9.19 Å². The van der Waals surface area contributed by atoms with Gasteiger partial charge in [0.2, 0.25) is 0 Å². The summed E-state index contributed by atoms with van der Waals surface area (Å²) in [6, 6.07) is 4.98. The van der Waals surface area contributed by atoms with Gasteiger partial charge in [-0.3, -0.25) is 0 Å². The third-order valence-corrected chi connectivity index (χ3v) is 8.84. The van der Waals surface area contributed by atoms with Gasteiger partial charge >= 0.3 is 0 Å². The Balaban J connectivity index is 1.61. The second kappa shape index (κ2) is 5.66. The molecule has 4 aliphatic carbocycles. The lowest BCUT2D eigenvalue weighted by Crippen LogP contribution is -2.49. The van der Waals surface area contributed by atoms with E-state index >= 15 is 0 Å². The van der Waals surface area contributed by atoms with Crippen LogP contribution in [0.4, 0.5) is 4.39 Å². The van der Waals surface area contributed by atoms with Gasteiger partial charge in [0.1, 0.15) is 5.82 Å². The van der Waals surface area contributed by atoms with Gasteiger partial charge in [-0.15, -0.1) is 0 Å². The molecule has 0 N–H and O–H groups in total. The molecule has 0 saturated heterocycles. The van der Waals surface area contributed by atoms with Crippen molar-refractivity contribution in [2.45, 2.75) is 62.7 Å². The molecule has 4 saturated carbocycles. The summed E-state index contributed by atoms with van der Waals surface area (Å²) in [5.41, 5.74) is 2.82. The molecule has 0 unspecified atom stereocenters. The van der Waals surface area contributed by atoms with Crippen molar-refractivity contribution in [2.24, 2.45) is 17.8 Å². The SMILES string of the molecule is Cc1nn(S(=O)(=O)c2ccc(F)cc2)c(C)c1C12CC3CC(CC(C3)C1)C2. The van der Waals surface area contributed by atoms with E-state index in [1.54, 1.807) is 0 Å². The smallest absolute Gasteiger partial charge is 0.207 e. The summed E-state index contributed by atoms with van der Waals surface area (Å²) in [7, 11) is -3.82. The zero-order valence-corrected chi connectivity index (χ0v) is 16.6. The van der Waals surface area contributed by atoms with Crippen LogP contribution in [0, 0.1) is 37.4 Å². The maximum atomic E-state index is 13.2. The predicted molar refractivity (Wildman–Crippen MR) is 101 cm³/mol. The fourth-order valence-corrected chi connectivity index (χ4v) is 8.10. The van der Waals surface area contributed by atoms with Gasteiger partial charge in [-0.25, -0.2) is 4.39 Å². The Kier molecular flexibility index (Phi) is 3.65. The molecule has 4 fully saturated rings. The molecule has 1 heterocycles. The van der Waals surface area contributed by atoms with Gasteiger partial charge in [0, 0.05) is 5.56 Å². The molecule has 6 rings (SSSR count). The second-order valence-electron chi connectivity index (χ2n) is 9.05. The minimum absolute atomic E-state index is 0.0755. The van der Waals surface area contributed by atoms with Gasteiger partial charge in [0.05, 0.1) is 16.3 Å². The summed E-state index contributed by atoms with van der Waals surface area (Å²) in [6.45, 7) is 3.83.